The van der Waals surface area contributed by atoms with Crippen LogP contribution in [0.25, 0.3) is 16.7 Å². The lowest BCUT2D eigenvalue weighted by Gasteiger charge is -2.08. The summed E-state index contributed by atoms with van der Waals surface area (Å²) in [7, 11) is 0. The van der Waals surface area contributed by atoms with Crippen LogP contribution in [-0.4, -0.2) is 25.3 Å². The molecule has 0 saturated heterocycles. The van der Waals surface area contributed by atoms with Crippen molar-refractivity contribution in [3.8, 4) is 0 Å². The molecule has 0 aliphatic carbocycles. The van der Waals surface area contributed by atoms with Gasteiger partial charge in [-0.25, -0.2) is 9.97 Å². The minimum Gasteiger partial charge on any atom is -0.342 e. The molecule has 0 spiro atoms. The molecular weight excluding hydrogens is 402 g/mol. The molecule has 7 nitrogen and oxygen atoms in total. The van der Waals surface area contributed by atoms with Crippen LogP contribution in [-0.2, 0) is 6.42 Å². The average molecular weight is 423 g/mol. The van der Waals surface area contributed by atoms with Gasteiger partial charge in [0.2, 0.25) is 0 Å². The van der Waals surface area contributed by atoms with Crippen molar-refractivity contribution in [3.05, 3.63) is 105 Å². The van der Waals surface area contributed by atoms with E-state index in [1.54, 1.807) is 12.3 Å². The quantitative estimate of drug-likeness (QED) is 0.456. The number of imidazole rings is 1. The van der Waals surface area contributed by atoms with Gasteiger partial charge in [0.05, 0.1) is 11.0 Å². The van der Waals surface area contributed by atoms with E-state index < -0.39 is 11.5 Å². The number of benzene rings is 2. The lowest BCUT2D eigenvalue weighted by Crippen LogP contribution is -2.26. The highest BCUT2D eigenvalue weighted by Crippen LogP contribution is 2.17. The molecule has 3 aromatic heterocycles. The summed E-state index contributed by atoms with van der Waals surface area (Å²) in [5.41, 5.74) is 5.82. The van der Waals surface area contributed by atoms with Gasteiger partial charge < -0.3 is 10.3 Å². The predicted molar refractivity (Wildman–Crippen MR) is 124 cm³/mol. The standard InChI is InChI=1S/C25H21N5O2/c1-15-5-10-20-21(12-15)29-22(28-20)13-17-6-8-18(9-7-17)27-24(31)19-14-26-23-16(2)4-3-11-30(23)25(19)32/h3-12,14H,13H2,1-2H3,(H,27,31)(H,28,29). The number of rotatable bonds is 4. The van der Waals surface area contributed by atoms with Gasteiger partial charge in [-0.3, -0.25) is 14.0 Å². The SMILES string of the molecule is Cc1ccc2nc(Cc3ccc(NC(=O)c4cnc5c(C)cccn5c4=O)cc3)[nH]c2c1. The third kappa shape index (κ3) is 3.65. The summed E-state index contributed by atoms with van der Waals surface area (Å²) in [6.45, 7) is 3.92. The Balaban J connectivity index is 1.33. The molecule has 0 aliphatic heterocycles. The summed E-state index contributed by atoms with van der Waals surface area (Å²) in [6, 6.07) is 17.3. The Labute approximate surface area is 183 Å². The summed E-state index contributed by atoms with van der Waals surface area (Å²) in [4.78, 5) is 37.7. The first-order valence-corrected chi connectivity index (χ1v) is 10.3. The number of amides is 1. The van der Waals surface area contributed by atoms with E-state index in [0.29, 0.717) is 17.8 Å². The number of nitrogens with one attached hydrogen (secondary N) is 2. The Morgan fingerprint density at radius 2 is 1.91 bits per heavy atom. The van der Waals surface area contributed by atoms with Crippen molar-refractivity contribution in [3.63, 3.8) is 0 Å². The zero-order valence-electron chi connectivity index (χ0n) is 17.7. The third-order valence-corrected chi connectivity index (χ3v) is 5.44. The molecule has 2 N–H and O–H groups in total. The number of aromatic nitrogens is 4. The van der Waals surface area contributed by atoms with Gasteiger partial charge >= 0.3 is 0 Å². The number of carbonyl (C=O) groups excluding carboxylic acids is 1. The fourth-order valence-corrected chi connectivity index (χ4v) is 3.76. The second-order valence-corrected chi connectivity index (χ2v) is 7.89. The fraction of sp³-hybridized carbons (Fsp3) is 0.120. The summed E-state index contributed by atoms with van der Waals surface area (Å²) < 4.78 is 1.39. The topological polar surface area (TPSA) is 92.2 Å². The number of carbonyl (C=O) groups is 1. The van der Waals surface area contributed by atoms with E-state index in [4.69, 9.17) is 0 Å². The monoisotopic (exact) mass is 423 g/mol. The highest BCUT2D eigenvalue weighted by atomic mass is 16.2. The van der Waals surface area contributed by atoms with Crippen molar-refractivity contribution in [2.24, 2.45) is 0 Å². The Morgan fingerprint density at radius 1 is 1.09 bits per heavy atom. The molecule has 0 fully saturated rings. The second-order valence-electron chi connectivity index (χ2n) is 7.89. The maximum Gasteiger partial charge on any atom is 0.270 e. The summed E-state index contributed by atoms with van der Waals surface area (Å²) in [5.74, 6) is 0.395. The molecule has 0 bridgehead atoms. The number of fused-ring (bicyclic) bond motifs is 2. The molecule has 0 atom stereocenters. The van der Waals surface area contributed by atoms with Crippen molar-refractivity contribution in [2.75, 3.05) is 5.32 Å². The van der Waals surface area contributed by atoms with Crippen molar-refractivity contribution in [1.82, 2.24) is 19.4 Å². The molecule has 7 heteroatoms. The van der Waals surface area contributed by atoms with Crippen molar-refractivity contribution in [1.29, 1.82) is 0 Å². The number of aromatic amines is 1. The van der Waals surface area contributed by atoms with Crippen LogP contribution < -0.4 is 10.9 Å². The summed E-state index contributed by atoms with van der Waals surface area (Å²) in [5, 5.41) is 2.78. The van der Waals surface area contributed by atoms with E-state index in [0.717, 1.165) is 28.0 Å². The zero-order valence-corrected chi connectivity index (χ0v) is 17.7. The van der Waals surface area contributed by atoms with Crippen LogP contribution >= 0.6 is 0 Å². The minimum absolute atomic E-state index is 0.00487. The van der Waals surface area contributed by atoms with E-state index in [2.05, 4.69) is 33.3 Å². The number of nitrogens with zero attached hydrogens (tertiary/aromatic N) is 3. The molecule has 5 aromatic rings. The van der Waals surface area contributed by atoms with Crippen LogP contribution in [0.3, 0.4) is 0 Å². The van der Waals surface area contributed by atoms with Crippen LogP contribution in [0, 0.1) is 13.8 Å². The first-order chi connectivity index (χ1) is 15.5. The van der Waals surface area contributed by atoms with Gasteiger partial charge in [0.25, 0.3) is 11.5 Å². The van der Waals surface area contributed by atoms with Gasteiger partial charge in [-0.05, 0) is 60.9 Å². The molecule has 0 radical (unpaired) electrons. The van der Waals surface area contributed by atoms with Crippen molar-refractivity contribution >= 4 is 28.3 Å². The predicted octanol–water partition coefficient (Wildman–Crippen LogP) is 4.03. The van der Waals surface area contributed by atoms with E-state index in [-0.39, 0.29) is 5.56 Å². The van der Waals surface area contributed by atoms with Gasteiger partial charge in [0.1, 0.15) is 17.0 Å². The highest BCUT2D eigenvalue weighted by Gasteiger charge is 2.14. The minimum atomic E-state index is -0.487. The van der Waals surface area contributed by atoms with Crippen molar-refractivity contribution < 1.29 is 4.79 Å². The third-order valence-electron chi connectivity index (χ3n) is 5.44. The highest BCUT2D eigenvalue weighted by molar-refractivity contribution is 6.03. The number of H-pyrrole nitrogens is 1. The maximum absolute atomic E-state index is 12.7. The smallest absolute Gasteiger partial charge is 0.270 e. The molecule has 0 unspecified atom stereocenters. The van der Waals surface area contributed by atoms with Crippen LogP contribution in [0.2, 0.25) is 0 Å². The van der Waals surface area contributed by atoms with Crippen LogP contribution in [0.1, 0.15) is 32.9 Å². The molecule has 0 saturated carbocycles. The molecule has 32 heavy (non-hydrogen) atoms. The Morgan fingerprint density at radius 3 is 2.72 bits per heavy atom. The van der Waals surface area contributed by atoms with Crippen molar-refractivity contribution in [2.45, 2.75) is 20.3 Å². The maximum atomic E-state index is 12.7. The van der Waals surface area contributed by atoms with Gasteiger partial charge in [-0.2, -0.15) is 0 Å². The number of pyridine rings is 1. The molecule has 158 valence electrons. The number of hydrogen-bond donors (Lipinski definition) is 2. The van der Waals surface area contributed by atoms with E-state index in [9.17, 15) is 9.59 Å². The van der Waals surface area contributed by atoms with Gasteiger partial charge in [0.15, 0.2) is 0 Å². The fourth-order valence-electron chi connectivity index (χ4n) is 3.76. The van der Waals surface area contributed by atoms with E-state index >= 15 is 0 Å². The van der Waals surface area contributed by atoms with E-state index in [1.165, 1.54) is 16.2 Å². The normalized spacial score (nSPS) is 11.2. The average Bonchev–Trinajstić information content (AvgIpc) is 3.17. The van der Waals surface area contributed by atoms with E-state index in [1.807, 2.05) is 49.4 Å². The van der Waals surface area contributed by atoms with Crippen LogP contribution in [0.5, 0.6) is 0 Å². The summed E-state index contributed by atoms with van der Waals surface area (Å²) in [6.07, 6.45) is 3.59. The number of hydrogen-bond acceptors (Lipinski definition) is 4. The van der Waals surface area contributed by atoms with Gasteiger partial charge in [0, 0.05) is 24.5 Å². The molecule has 1 amide bonds. The first kappa shape index (κ1) is 19.7. The lowest BCUT2D eigenvalue weighted by molar-refractivity contribution is 0.102. The molecule has 2 aromatic carbocycles. The Hall–Kier alpha value is -4.26. The van der Waals surface area contributed by atoms with Gasteiger partial charge in [-0.1, -0.05) is 24.3 Å². The second kappa shape index (κ2) is 7.77. The van der Waals surface area contributed by atoms with Gasteiger partial charge in [-0.15, -0.1) is 0 Å². The summed E-state index contributed by atoms with van der Waals surface area (Å²) >= 11 is 0. The molecule has 3 heterocycles. The first-order valence-electron chi connectivity index (χ1n) is 10.3. The zero-order chi connectivity index (χ0) is 22.2. The number of anilines is 1. The molecule has 0 aliphatic rings. The largest absolute Gasteiger partial charge is 0.342 e. The van der Waals surface area contributed by atoms with Crippen LogP contribution in [0.15, 0.2) is 71.8 Å². The molecular formula is C25H21N5O2. The number of aryl methyl sites for hydroxylation is 2. The molecule has 5 rings (SSSR count). The Bertz CT molecular complexity index is 1530. The lowest BCUT2D eigenvalue weighted by atomic mass is 10.1. The van der Waals surface area contributed by atoms with Crippen LogP contribution in [0.4, 0.5) is 5.69 Å². The Kier molecular flexibility index (Phi) is 4.78.